The van der Waals surface area contributed by atoms with Gasteiger partial charge < -0.3 is 24.4 Å². The molecule has 7 heteroatoms. The molecule has 1 N–H and O–H groups in total. The summed E-state index contributed by atoms with van der Waals surface area (Å²) in [4.78, 5) is 6.96. The second-order valence-corrected chi connectivity index (χ2v) is 6.59. The molecular formula is C20H32FN3O3. The van der Waals surface area contributed by atoms with E-state index in [0.717, 1.165) is 31.0 Å². The zero-order valence-electron chi connectivity index (χ0n) is 16.6. The lowest BCUT2D eigenvalue weighted by Gasteiger charge is -2.38. The maximum absolute atomic E-state index is 13.2. The van der Waals surface area contributed by atoms with Crippen LogP contribution in [0.15, 0.2) is 29.3 Å². The number of nitrogens with zero attached hydrogens (tertiary/aromatic N) is 2. The van der Waals surface area contributed by atoms with E-state index in [4.69, 9.17) is 19.2 Å². The minimum absolute atomic E-state index is 0.0648. The van der Waals surface area contributed by atoms with E-state index in [-0.39, 0.29) is 18.0 Å². The highest BCUT2D eigenvalue weighted by atomic mass is 19.1. The molecule has 0 spiro atoms. The molecule has 1 heterocycles. The molecule has 27 heavy (non-hydrogen) atoms. The smallest absolute Gasteiger partial charge is 0.194 e. The third-order valence-corrected chi connectivity index (χ3v) is 4.28. The van der Waals surface area contributed by atoms with Crippen molar-refractivity contribution in [3.05, 3.63) is 35.6 Å². The number of benzene rings is 1. The van der Waals surface area contributed by atoms with Crippen LogP contribution in [-0.4, -0.2) is 70.1 Å². The Morgan fingerprint density at radius 3 is 2.74 bits per heavy atom. The first-order valence-corrected chi connectivity index (χ1v) is 9.65. The zero-order chi connectivity index (χ0) is 19.5. The van der Waals surface area contributed by atoms with Gasteiger partial charge in [0.15, 0.2) is 5.96 Å². The summed E-state index contributed by atoms with van der Waals surface area (Å²) in [6.07, 6.45) is 0.825. The van der Waals surface area contributed by atoms with Crippen molar-refractivity contribution >= 4 is 5.96 Å². The third kappa shape index (κ3) is 7.44. The summed E-state index contributed by atoms with van der Waals surface area (Å²) in [7, 11) is 1.67. The van der Waals surface area contributed by atoms with E-state index in [2.05, 4.69) is 24.1 Å². The van der Waals surface area contributed by atoms with Gasteiger partial charge in [-0.2, -0.15) is 0 Å². The predicted molar refractivity (Wildman–Crippen MR) is 105 cm³/mol. The molecule has 6 nitrogen and oxygen atoms in total. The van der Waals surface area contributed by atoms with Crippen LogP contribution in [0.25, 0.3) is 0 Å². The van der Waals surface area contributed by atoms with Crippen LogP contribution < -0.4 is 5.32 Å². The van der Waals surface area contributed by atoms with Crippen molar-refractivity contribution in [2.45, 2.75) is 32.5 Å². The average molecular weight is 381 g/mol. The van der Waals surface area contributed by atoms with Gasteiger partial charge in [-0.25, -0.2) is 4.39 Å². The molecule has 2 atom stereocenters. The number of aliphatic imine (C=N–C) groups is 1. The van der Waals surface area contributed by atoms with Gasteiger partial charge >= 0.3 is 0 Å². The van der Waals surface area contributed by atoms with Gasteiger partial charge in [0.05, 0.1) is 25.9 Å². The van der Waals surface area contributed by atoms with Crippen LogP contribution in [0.3, 0.4) is 0 Å². The van der Waals surface area contributed by atoms with E-state index in [1.807, 2.05) is 0 Å². The van der Waals surface area contributed by atoms with Crippen molar-refractivity contribution in [1.29, 1.82) is 0 Å². The van der Waals surface area contributed by atoms with E-state index in [0.29, 0.717) is 32.9 Å². The molecule has 1 aromatic carbocycles. The molecule has 0 aromatic heterocycles. The van der Waals surface area contributed by atoms with Crippen molar-refractivity contribution in [1.82, 2.24) is 10.2 Å². The molecule has 0 radical (unpaired) electrons. The number of rotatable bonds is 9. The molecule has 1 saturated heterocycles. The number of hydrogen-bond donors (Lipinski definition) is 1. The number of ether oxygens (including phenoxy) is 3. The average Bonchev–Trinajstić information content (AvgIpc) is 2.66. The van der Waals surface area contributed by atoms with Crippen LogP contribution in [0.1, 0.15) is 31.9 Å². The first kappa shape index (κ1) is 21.6. The highest BCUT2D eigenvalue weighted by molar-refractivity contribution is 5.80. The second kappa shape index (κ2) is 11.9. The maximum Gasteiger partial charge on any atom is 0.194 e. The number of morpholine rings is 1. The van der Waals surface area contributed by atoms with Gasteiger partial charge in [-0.1, -0.05) is 12.1 Å². The van der Waals surface area contributed by atoms with Gasteiger partial charge in [0, 0.05) is 33.4 Å². The summed E-state index contributed by atoms with van der Waals surface area (Å²) in [5.74, 6) is 0.652. The Morgan fingerprint density at radius 2 is 2.04 bits per heavy atom. The lowest BCUT2D eigenvalue weighted by atomic mass is 10.1. The first-order valence-electron chi connectivity index (χ1n) is 9.65. The van der Waals surface area contributed by atoms with Crippen LogP contribution in [0.4, 0.5) is 4.39 Å². The fraction of sp³-hybridized carbons (Fsp3) is 0.650. The number of hydrogen-bond acceptors (Lipinski definition) is 4. The Labute approximate surface area is 161 Å². The van der Waals surface area contributed by atoms with Gasteiger partial charge in [-0.3, -0.25) is 4.99 Å². The Bertz CT molecular complexity index is 568. The minimum atomic E-state index is -0.234. The quantitative estimate of drug-likeness (QED) is 0.405. The molecular weight excluding hydrogens is 349 g/mol. The van der Waals surface area contributed by atoms with Gasteiger partial charge in [0.25, 0.3) is 0 Å². The summed E-state index contributed by atoms with van der Waals surface area (Å²) in [6.45, 7) is 8.96. The number of guanidine groups is 1. The van der Waals surface area contributed by atoms with E-state index in [9.17, 15) is 4.39 Å². The van der Waals surface area contributed by atoms with E-state index in [1.54, 1.807) is 19.2 Å². The molecule has 1 fully saturated rings. The van der Waals surface area contributed by atoms with Crippen molar-refractivity contribution in [2.24, 2.45) is 4.99 Å². The summed E-state index contributed by atoms with van der Waals surface area (Å²) >= 11 is 0. The largest absolute Gasteiger partial charge is 0.382 e. The van der Waals surface area contributed by atoms with Crippen molar-refractivity contribution in [2.75, 3.05) is 53.1 Å². The Hall–Kier alpha value is -1.70. The van der Waals surface area contributed by atoms with E-state index in [1.165, 1.54) is 12.1 Å². The summed E-state index contributed by atoms with van der Waals surface area (Å²) in [5.41, 5.74) is 0.982. The topological polar surface area (TPSA) is 55.3 Å². The van der Waals surface area contributed by atoms with Gasteiger partial charge in [-0.15, -0.1) is 0 Å². The highest BCUT2D eigenvalue weighted by Crippen LogP contribution is 2.25. The molecule has 0 saturated carbocycles. The molecule has 2 rings (SSSR count). The van der Waals surface area contributed by atoms with Crippen LogP contribution in [0, 0.1) is 5.82 Å². The lowest BCUT2D eigenvalue weighted by molar-refractivity contribution is -0.0605. The maximum atomic E-state index is 13.2. The zero-order valence-corrected chi connectivity index (χ0v) is 16.6. The Morgan fingerprint density at radius 1 is 1.26 bits per heavy atom. The predicted octanol–water partition coefficient (Wildman–Crippen LogP) is 2.61. The molecule has 0 aliphatic carbocycles. The van der Waals surface area contributed by atoms with Crippen molar-refractivity contribution in [3.8, 4) is 0 Å². The fourth-order valence-electron chi connectivity index (χ4n) is 3.01. The van der Waals surface area contributed by atoms with E-state index < -0.39 is 0 Å². The Balaban J connectivity index is 1.93. The van der Waals surface area contributed by atoms with Gasteiger partial charge in [0.2, 0.25) is 0 Å². The summed E-state index contributed by atoms with van der Waals surface area (Å²) in [5, 5.41) is 3.36. The molecule has 1 aliphatic rings. The van der Waals surface area contributed by atoms with Gasteiger partial charge in [0.1, 0.15) is 11.9 Å². The Kier molecular flexibility index (Phi) is 9.52. The van der Waals surface area contributed by atoms with Crippen molar-refractivity contribution < 1.29 is 18.6 Å². The molecule has 1 aromatic rings. The highest BCUT2D eigenvalue weighted by Gasteiger charge is 2.28. The molecule has 0 amide bonds. The number of methoxy groups -OCH3 is 1. The fourth-order valence-corrected chi connectivity index (χ4v) is 3.01. The van der Waals surface area contributed by atoms with Crippen LogP contribution in [0.2, 0.25) is 0 Å². The molecule has 0 bridgehead atoms. The summed E-state index contributed by atoms with van der Waals surface area (Å²) in [6, 6.07) is 6.53. The van der Waals surface area contributed by atoms with Gasteiger partial charge in [-0.05, 0) is 38.0 Å². The third-order valence-electron chi connectivity index (χ3n) is 4.28. The number of nitrogens with one attached hydrogen (secondary N) is 1. The number of halogens is 1. The first-order chi connectivity index (χ1) is 13.1. The molecule has 152 valence electrons. The molecule has 2 unspecified atom stereocenters. The van der Waals surface area contributed by atoms with E-state index >= 15 is 0 Å². The van der Waals surface area contributed by atoms with Crippen LogP contribution >= 0.6 is 0 Å². The normalized spacial score (nSPS) is 20.7. The monoisotopic (exact) mass is 381 g/mol. The van der Waals surface area contributed by atoms with Crippen LogP contribution in [0.5, 0.6) is 0 Å². The molecule has 1 aliphatic heterocycles. The lowest BCUT2D eigenvalue weighted by Crippen LogP contribution is -2.50. The second-order valence-electron chi connectivity index (χ2n) is 6.59. The standard InChI is InChI=1S/C20H32FN3O3/c1-4-22-20(23-10-5-11-26-13-12-25-3)24-14-16(2)27-19(15-24)17-6-8-18(21)9-7-17/h6-9,16,19H,4-5,10-15H2,1-3H3,(H,22,23). The summed E-state index contributed by atoms with van der Waals surface area (Å²) < 4.78 is 29.7. The SMILES string of the molecule is CCNC(=NCCCOCCOC)N1CC(C)OC(c2ccc(F)cc2)C1. The minimum Gasteiger partial charge on any atom is -0.382 e. The van der Waals surface area contributed by atoms with Crippen LogP contribution in [-0.2, 0) is 14.2 Å². The van der Waals surface area contributed by atoms with Crippen molar-refractivity contribution in [3.63, 3.8) is 0 Å².